The molecule has 362 valence electrons. The second kappa shape index (κ2) is 49.4. The molecule has 0 aliphatic heterocycles. The zero-order chi connectivity index (χ0) is 44.5. The van der Waals surface area contributed by atoms with Gasteiger partial charge in [0.1, 0.15) is 13.2 Å². The molecular formula is C55H106O6. The SMILES string of the molecule is CCCCCCCCCCCCCCCCCCCCC(=O)OC[C@H](COC(=O)CCCCCCCCCCCCCCCC)OC(=O)CCCCCCCCCCC(C)C. The molecule has 1 atom stereocenters. The fourth-order valence-corrected chi connectivity index (χ4v) is 8.39. The van der Waals surface area contributed by atoms with Crippen LogP contribution in [0, 0.1) is 5.92 Å². The van der Waals surface area contributed by atoms with Crippen molar-refractivity contribution in [3.8, 4) is 0 Å². The Kier molecular flexibility index (Phi) is 48.1. The fraction of sp³-hybridized carbons (Fsp3) is 0.945. The number of carbonyl (C=O) groups excluding carboxylic acids is 3. The highest BCUT2D eigenvalue weighted by molar-refractivity contribution is 5.71. The fourth-order valence-electron chi connectivity index (χ4n) is 8.39. The molecule has 0 N–H and O–H groups in total. The van der Waals surface area contributed by atoms with Gasteiger partial charge in [-0.1, -0.05) is 272 Å². The molecule has 0 aliphatic rings. The van der Waals surface area contributed by atoms with Crippen LogP contribution in [0.25, 0.3) is 0 Å². The van der Waals surface area contributed by atoms with Crippen LogP contribution in [0.5, 0.6) is 0 Å². The lowest BCUT2D eigenvalue weighted by Gasteiger charge is -2.18. The minimum absolute atomic E-state index is 0.0629. The molecule has 0 aromatic carbocycles. The zero-order valence-electron chi connectivity index (χ0n) is 41.6. The van der Waals surface area contributed by atoms with Crippen molar-refractivity contribution in [2.45, 2.75) is 316 Å². The van der Waals surface area contributed by atoms with Crippen molar-refractivity contribution in [2.24, 2.45) is 5.92 Å². The van der Waals surface area contributed by atoms with E-state index in [2.05, 4.69) is 27.7 Å². The van der Waals surface area contributed by atoms with Crippen LogP contribution in [-0.4, -0.2) is 37.2 Å². The summed E-state index contributed by atoms with van der Waals surface area (Å²) in [6.45, 7) is 9.01. The highest BCUT2D eigenvalue weighted by Crippen LogP contribution is 2.17. The van der Waals surface area contributed by atoms with Crippen LogP contribution < -0.4 is 0 Å². The molecule has 6 nitrogen and oxygen atoms in total. The molecule has 0 aromatic rings. The first kappa shape index (κ1) is 59.4. The third kappa shape index (κ3) is 49.3. The van der Waals surface area contributed by atoms with Crippen molar-refractivity contribution >= 4 is 17.9 Å². The number of rotatable bonds is 50. The van der Waals surface area contributed by atoms with Gasteiger partial charge in [0.15, 0.2) is 6.10 Å². The van der Waals surface area contributed by atoms with Crippen LogP contribution in [0.4, 0.5) is 0 Å². The van der Waals surface area contributed by atoms with E-state index in [4.69, 9.17) is 14.2 Å². The molecule has 6 heteroatoms. The lowest BCUT2D eigenvalue weighted by molar-refractivity contribution is -0.167. The molecule has 0 rings (SSSR count). The summed E-state index contributed by atoms with van der Waals surface area (Å²) in [6.07, 6.45) is 52.4. The Morgan fingerprint density at radius 2 is 0.541 bits per heavy atom. The van der Waals surface area contributed by atoms with Crippen molar-refractivity contribution in [2.75, 3.05) is 13.2 Å². The van der Waals surface area contributed by atoms with Crippen molar-refractivity contribution in [1.82, 2.24) is 0 Å². The van der Waals surface area contributed by atoms with Gasteiger partial charge in [0.05, 0.1) is 0 Å². The zero-order valence-corrected chi connectivity index (χ0v) is 41.6. The van der Waals surface area contributed by atoms with Gasteiger partial charge in [-0.25, -0.2) is 0 Å². The normalized spacial score (nSPS) is 12.0. The second-order valence-corrected chi connectivity index (χ2v) is 19.3. The summed E-state index contributed by atoms with van der Waals surface area (Å²) >= 11 is 0. The number of hydrogen-bond donors (Lipinski definition) is 0. The van der Waals surface area contributed by atoms with Gasteiger partial charge in [-0.15, -0.1) is 0 Å². The van der Waals surface area contributed by atoms with Gasteiger partial charge < -0.3 is 14.2 Å². The summed E-state index contributed by atoms with van der Waals surface area (Å²) in [5.41, 5.74) is 0. The predicted molar refractivity (Wildman–Crippen MR) is 261 cm³/mol. The predicted octanol–water partition coefficient (Wildman–Crippen LogP) is 17.8. The van der Waals surface area contributed by atoms with E-state index in [9.17, 15) is 14.4 Å². The van der Waals surface area contributed by atoms with Gasteiger partial charge in [-0.05, 0) is 25.2 Å². The first-order valence-electron chi connectivity index (χ1n) is 27.4. The van der Waals surface area contributed by atoms with Gasteiger partial charge in [0.2, 0.25) is 0 Å². The molecule has 0 radical (unpaired) electrons. The van der Waals surface area contributed by atoms with E-state index < -0.39 is 6.10 Å². The summed E-state index contributed by atoms with van der Waals surface area (Å²) in [7, 11) is 0. The first-order chi connectivity index (χ1) is 29.9. The van der Waals surface area contributed by atoms with E-state index in [1.165, 1.54) is 205 Å². The molecule has 61 heavy (non-hydrogen) atoms. The molecule has 0 unspecified atom stereocenters. The quantitative estimate of drug-likeness (QED) is 0.0344. The molecule has 0 aliphatic carbocycles. The molecule has 0 saturated heterocycles. The second-order valence-electron chi connectivity index (χ2n) is 19.3. The molecule has 0 fully saturated rings. The Bertz CT molecular complexity index is 918. The Hall–Kier alpha value is -1.59. The van der Waals surface area contributed by atoms with E-state index in [-0.39, 0.29) is 31.1 Å². The summed E-state index contributed by atoms with van der Waals surface area (Å²) < 4.78 is 16.8. The van der Waals surface area contributed by atoms with E-state index in [0.29, 0.717) is 19.3 Å². The average Bonchev–Trinajstić information content (AvgIpc) is 3.24. The van der Waals surface area contributed by atoms with Crippen LogP contribution in [0.1, 0.15) is 310 Å². The summed E-state index contributed by atoms with van der Waals surface area (Å²) in [6, 6.07) is 0. The Labute approximate surface area is 380 Å². The minimum Gasteiger partial charge on any atom is -0.462 e. The van der Waals surface area contributed by atoms with Crippen LogP contribution >= 0.6 is 0 Å². The largest absolute Gasteiger partial charge is 0.462 e. The highest BCUT2D eigenvalue weighted by Gasteiger charge is 2.19. The van der Waals surface area contributed by atoms with Crippen molar-refractivity contribution in [3.05, 3.63) is 0 Å². The molecule has 0 spiro atoms. The first-order valence-corrected chi connectivity index (χ1v) is 27.4. The maximum atomic E-state index is 12.8. The molecule has 0 heterocycles. The van der Waals surface area contributed by atoms with Gasteiger partial charge >= 0.3 is 17.9 Å². The Balaban J connectivity index is 4.25. The maximum absolute atomic E-state index is 12.8. The van der Waals surface area contributed by atoms with Crippen LogP contribution in [0.15, 0.2) is 0 Å². The van der Waals surface area contributed by atoms with E-state index in [0.717, 1.165) is 63.7 Å². The van der Waals surface area contributed by atoms with Crippen LogP contribution in [0.3, 0.4) is 0 Å². The van der Waals surface area contributed by atoms with Gasteiger partial charge in [0.25, 0.3) is 0 Å². The number of carbonyl (C=O) groups is 3. The topological polar surface area (TPSA) is 78.9 Å². The molecule has 0 aromatic heterocycles. The van der Waals surface area contributed by atoms with Gasteiger partial charge in [0, 0.05) is 19.3 Å². The standard InChI is InChI=1S/C55H106O6/c1-5-7-9-11-13-15-17-19-21-22-23-24-26-28-30-35-39-43-47-54(57)60-50-52(61-55(58)48-44-40-36-32-31-33-37-41-45-51(3)4)49-59-53(56)46-42-38-34-29-27-25-20-18-16-14-12-10-8-6-2/h51-52H,5-50H2,1-4H3/t52-/m0/s1. The number of unbranched alkanes of at least 4 members (excludes halogenated alkanes) is 37. The third-order valence-electron chi connectivity index (χ3n) is 12.5. The smallest absolute Gasteiger partial charge is 0.306 e. The van der Waals surface area contributed by atoms with Gasteiger partial charge in [-0.2, -0.15) is 0 Å². The lowest BCUT2D eigenvalue weighted by Crippen LogP contribution is -2.30. The van der Waals surface area contributed by atoms with Crippen LogP contribution in [0.2, 0.25) is 0 Å². The molecule has 0 saturated carbocycles. The van der Waals surface area contributed by atoms with Crippen molar-refractivity contribution < 1.29 is 28.6 Å². The van der Waals surface area contributed by atoms with E-state index in [1.54, 1.807) is 0 Å². The summed E-state index contributed by atoms with van der Waals surface area (Å²) in [4.78, 5) is 38.0. The summed E-state index contributed by atoms with van der Waals surface area (Å²) in [5.74, 6) is -0.0494. The van der Waals surface area contributed by atoms with Crippen LogP contribution in [-0.2, 0) is 28.6 Å². The minimum atomic E-state index is -0.761. The number of esters is 3. The molecular weight excluding hydrogens is 757 g/mol. The molecule has 0 bridgehead atoms. The number of hydrogen-bond acceptors (Lipinski definition) is 6. The monoisotopic (exact) mass is 863 g/mol. The number of ether oxygens (including phenoxy) is 3. The Morgan fingerprint density at radius 3 is 0.803 bits per heavy atom. The van der Waals surface area contributed by atoms with Crippen molar-refractivity contribution in [1.29, 1.82) is 0 Å². The maximum Gasteiger partial charge on any atom is 0.306 e. The van der Waals surface area contributed by atoms with E-state index >= 15 is 0 Å². The van der Waals surface area contributed by atoms with Crippen molar-refractivity contribution in [3.63, 3.8) is 0 Å². The van der Waals surface area contributed by atoms with Gasteiger partial charge in [-0.3, -0.25) is 14.4 Å². The third-order valence-corrected chi connectivity index (χ3v) is 12.5. The lowest BCUT2D eigenvalue weighted by atomic mass is 10.0. The average molecular weight is 863 g/mol. The Morgan fingerprint density at radius 1 is 0.311 bits per heavy atom. The molecule has 0 amide bonds. The highest BCUT2D eigenvalue weighted by atomic mass is 16.6. The summed E-state index contributed by atoms with van der Waals surface area (Å²) in [5, 5.41) is 0. The van der Waals surface area contributed by atoms with E-state index in [1.807, 2.05) is 0 Å².